The number of carbonyl (C=O) groups excluding carboxylic acids is 1. The summed E-state index contributed by atoms with van der Waals surface area (Å²) in [5.74, 6) is 0.935. The van der Waals surface area contributed by atoms with Crippen molar-refractivity contribution in [3.05, 3.63) is 0 Å². The summed E-state index contributed by atoms with van der Waals surface area (Å²) in [6.07, 6.45) is 8.05. The van der Waals surface area contributed by atoms with Crippen LogP contribution in [0.25, 0.3) is 0 Å². The first-order valence-electron chi connectivity index (χ1n) is 9.26. The molecular weight excluding hydrogens is 304 g/mol. The highest BCUT2D eigenvalue weighted by Crippen LogP contribution is 2.18. The Morgan fingerprint density at radius 1 is 1.17 bits per heavy atom. The van der Waals surface area contributed by atoms with Gasteiger partial charge in [0.15, 0.2) is 5.96 Å². The molecule has 0 aliphatic carbocycles. The van der Waals surface area contributed by atoms with Gasteiger partial charge in [0, 0.05) is 26.7 Å². The SMILES string of the molecule is CN=C(NCCCCCCCN(C)C)N1CCC(C(=O)OC)CC1. The molecule has 1 fully saturated rings. The molecule has 140 valence electrons. The standard InChI is InChI=1S/C18H36N4O2/c1-19-18(20-12-8-6-5-7-9-13-21(2)3)22-14-10-16(11-15-22)17(23)24-4/h16H,5-15H2,1-4H3,(H,19,20). The van der Waals surface area contributed by atoms with Crippen molar-refractivity contribution in [2.24, 2.45) is 10.9 Å². The third-order valence-corrected chi connectivity index (χ3v) is 4.61. The van der Waals surface area contributed by atoms with Crippen LogP contribution in [0.5, 0.6) is 0 Å². The van der Waals surface area contributed by atoms with Gasteiger partial charge < -0.3 is 19.9 Å². The van der Waals surface area contributed by atoms with Gasteiger partial charge in [-0.15, -0.1) is 0 Å². The number of hydrogen-bond acceptors (Lipinski definition) is 4. The van der Waals surface area contributed by atoms with Crippen molar-refractivity contribution in [1.82, 2.24) is 15.1 Å². The van der Waals surface area contributed by atoms with E-state index in [1.165, 1.54) is 45.8 Å². The first kappa shape index (κ1) is 20.7. The predicted octanol–water partition coefficient (Wildman–Crippen LogP) is 1.96. The number of hydrogen-bond donors (Lipinski definition) is 1. The Morgan fingerprint density at radius 3 is 2.38 bits per heavy atom. The largest absolute Gasteiger partial charge is 0.469 e. The Bertz CT molecular complexity index is 377. The molecule has 0 amide bonds. The molecule has 6 nitrogen and oxygen atoms in total. The first-order valence-corrected chi connectivity index (χ1v) is 9.26. The van der Waals surface area contributed by atoms with Gasteiger partial charge in [-0.3, -0.25) is 9.79 Å². The predicted molar refractivity (Wildman–Crippen MR) is 99.3 cm³/mol. The van der Waals surface area contributed by atoms with Gasteiger partial charge in [0.1, 0.15) is 0 Å². The summed E-state index contributed by atoms with van der Waals surface area (Å²) >= 11 is 0. The Hall–Kier alpha value is -1.30. The van der Waals surface area contributed by atoms with Crippen LogP contribution in [-0.2, 0) is 9.53 Å². The minimum Gasteiger partial charge on any atom is -0.469 e. The smallest absolute Gasteiger partial charge is 0.308 e. The monoisotopic (exact) mass is 340 g/mol. The van der Waals surface area contributed by atoms with E-state index in [1.807, 2.05) is 7.05 Å². The fourth-order valence-corrected chi connectivity index (χ4v) is 3.11. The fraction of sp³-hybridized carbons (Fsp3) is 0.889. The summed E-state index contributed by atoms with van der Waals surface area (Å²) in [6.45, 7) is 3.89. The van der Waals surface area contributed by atoms with Gasteiger partial charge in [-0.25, -0.2) is 0 Å². The summed E-state index contributed by atoms with van der Waals surface area (Å²) in [7, 11) is 7.55. The van der Waals surface area contributed by atoms with E-state index in [4.69, 9.17) is 4.74 Å². The number of nitrogens with one attached hydrogen (secondary N) is 1. The number of unbranched alkanes of at least 4 members (excludes halogenated alkanes) is 4. The number of methoxy groups -OCH3 is 1. The van der Waals surface area contributed by atoms with Gasteiger partial charge >= 0.3 is 5.97 Å². The second kappa shape index (κ2) is 12.1. The summed E-state index contributed by atoms with van der Waals surface area (Å²) in [6, 6.07) is 0. The van der Waals surface area contributed by atoms with Gasteiger partial charge in [0.05, 0.1) is 13.0 Å². The quantitative estimate of drug-likeness (QED) is 0.301. The van der Waals surface area contributed by atoms with Gasteiger partial charge in [0.2, 0.25) is 0 Å². The zero-order valence-electron chi connectivity index (χ0n) is 16.0. The summed E-state index contributed by atoms with van der Waals surface area (Å²) in [4.78, 5) is 20.4. The number of piperidine rings is 1. The number of esters is 1. The second-order valence-electron chi connectivity index (χ2n) is 6.83. The topological polar surface area (TPSA) is 57.2 Å². The molecule has 0 saturated carbocycles. The molecule has 1 N–H and O–H groups in total. The summed E-state index contributed by atoms with van der Waals surface area (Å²) < 4.78 is 4.84. The molecule has 0 aromatic carbocycles. The fourth-order valence-electron chi connectivity index (χ4n) is 3.11. The highest BCUT2D eigenvalue weighted by Gasteiger charge is 2.26. The van der Waals surface area contributed by atoms with Crippen molar-refractivity contribution in [2.45, 2.75) is 44.9 Å². The number of guanidine groups is 1. The molecule has 0 unspecified atom stereocenters. The van der Waals surface area contributed by atoms with Crippen LogP contribution >= 0.6 is 0 Å². The maximum absolute atomic E-state index is 11.6. The van der Waals surface area contributed by atoms with E-state index in [2.05, 4.69) is 34.2 Å². The summed E-state index contributed by atoms with van der Waals surface area (Å²) in [5, 5.41) is 3.46. The Kier molecular flexibility index (Phi) is 10.5. The lowest BCUT2D eigenvalue weighted by Gasteiger charge is -2.33. The molecule has 0 spiro atoms. The zero-order valence-corrected chi connectivity index (χ0v) is 16.0. The molecular formula is C18H36N4O2. The van der Waals surface area contributed by atoms with Crippen molar-refractivity contribution in [2.75, 3.05) is 54.4 Å². The molecule has 0 aromatic heterocycles. The van der Waals surface area contributed by atoms with E-state index in [0.717, 1.165) is 38.4 Å². The normalized spacial score (nSPS) is 16.5. The van der Waals surface area contributed by atoms with E-state index >= 15 is 0 Å². The average Bonchev–Trinajstić information content (AvgIpc) is 2.60. The molecule has 0 atom stereocenters. The van der Waals surface area contributed by atoms with Crippen LogP contribution in [0.15, 0.2) is 4.99 Å². The van der Waals surface area contributed by atoms with Crippen LogP contribution < -0.4 is 5.32 Å². The third-order valence-electron chi connectivity index (χ3n) is 4.61. The van der Waals surface area contributed by atoms with Gasteiger partial charge in [-0.2, -0.15) is 0 Å². The lowest BCUT2D eigenvalue weighted by Crippen LogP contribution is -2.46. The zero-order chi connectivity index (χ0) is 17.8. The molecule has 1 rings (SSSR count). The van der Waals surface area contributed by atoms with Crippen LogP contribution in [0.4, 0.5) is 0 Å². The number of likely N-dealkylation sites (tertiary alicyclic amines) is 1. The third kappa shape index (κ3) is 7.99. The van der Waals surface area contributed by atoms with Gasteiger partial charge in [0.25, 0.3) is 0 Å². The van der Waals surface area contributed by atoms with E-state index in [1.54, 1.807) is 0 Å². The highest BCUT2D eigenvalue weighted by molar-refractivity contribution is 5.80. The van der Waals surface area contributed by atoms with E-state index in [-0.39, 0.29) is 11.9 Å². The van der Waals surface area contributed by atoms with E-state index in [0.29, 0.717) is 0 Å². The molecule has 1 aliphatic heterocycles. The maximum Gasteiger partial charge on any atom is 0.308 e. The molecule has 1 aliphatic rings. The van der Waals surface area contributed by atoms with Crippen molar-refractivity contribution in [1.29, 1.82) is 0 Å². The van der Waals surface area contributed by atoms with Crippen LogP contribution in [0, 0.1) is 5.92 Å². The van der Waals surface area contributed by atoms with Crippen molar-refractivity contribution < 1.29 is 9.53 Å². The summed E-state index contributed by atoms with van der Waals surface area (Å²) in [5.41, 5.74) is 0. The Morgan fingerprint density at radius 2 is 1.79 bits per heavy atom. The van der Waals surface area contributed by atoms with Crippen molar-refractivity contribution in [3.63, 3.8) is 0 Å². The maximum atomic E-state index is 11.6. The molecule has 1 saturated heterocycles. The van der Waals surface area contributed by atoms with E-state index < -0.39 is 0 Å². The Balaban J connectivity index is 2.12. The van der Waals surface area contributed by atoms with Crippen LogP contribution in [-0.4, -0.2) is 76.2 Å². The number of rotatable bonds is 9. The average molecular weight is 341 g/mol. The van der Waals surface area contributed by atoms with Gasteiger partial charge in [-0.05, 0) is 46.3 Å². The molecule has 1 heterocycles. The van der Waals surface area contributed by atoms with Crippen LogP contribution in [0.1, 0.15) is 44.9 Å². The van der Waals surface area contributed by atoms with Crippen LogP contribution in [0.3, 0.4) is 0 Å². The number of ether oxygens (including phenoxy) is 1. The van der Waals surface area contributed by atoms with Crippen LogP contribution in [0.2, 0.25) is 0 Å². The van der Waals surface area contributed by atoms with Gasteiger partial charge in [-0.1, -0.05) is 19.3 Å². The molecule has 0 radical (unpaired) electrons. The first-order chi connectivity index (χ1) is 11.6. The van der Waals surface area contributed by atoms with Crippen molar-refractivity contribution >= 4 is 11.9 Å². The molecule has 0 bridgehead atoms. The Labute approximate surface area is 147 Å². The minimum absolute atomic E-state index is 0.0477. The molecule has 6 heteroatoms. The lowest BCUT2D eigenvalue weighted by atomic mass is 9.97. The van der Waals surface area contributed by atoms with E-state index in [9.17, 15) is 4.79 Å². The number of carbonyl (C=O) groups is 1. The molecule has 0 aromatic rings. The molecule has 24 heavy (non-hydrogen) atoms. The van der Waals surface area contributed by atoms with Crippen molar-refractivity contribution in [3.8, 4) is 0 Å². The minimum atomic E-state index is -0.0770. The number of aliphatic imine (C=N–C) groups is 1. The highest BCUT2D eigenvalue weighted by atomic mass is 16.5. The lowest BCUT2D eigenvalue weighted by molar-refractivity contribution is -0.146. The second-order valence-corrected chi connectivity index (χ2v) is 6.83. The number of nitrogens with zero attached hydrogens (tertiary/aromatic N) is 3.